The zero-order valence-corrected chi connectivity index (χ0v) is 19.7. The van der Waals surface area contributed by atoms with Crippen LogP contribution in [0.2, 0.25) is 0 Å². The van der Waals surface area contributed by atoms with Crippen molar-refractivity contribution in [3.63, 3.8) is 0 Å². The van der Waals surface area contributed by atoms with Crippen molar-refractivity contribution in [1.82, 2.24) is 9.62 Å². The van der Waals surface area contributed by atoms with Gasteiger partial charge < -0.3 is 19.3 Å². The smallest absolute Gasteiger partial charge is 0.260 e. The van der Waals surface area contributed by atoms with E-state index in [1.807, 2.05) is 24.3 Å². The maximum Gasteiger partial charge on any atom is 0.260 e. The molecule has 0 spiro atoms. The van der Waals surface area contributed by atoms with Crippen molar-refractivity contribution in [2.24, 2.45) is 0 Å². The maximum atomic E-state index is 12.6. The van der Waals surface area contributed by atoms with Gasteiger partial charge in [-0.05, 0) is 49.2 Å². The topological polar surface area (TPSA) is 88.2 Å². The average molecular weight is 474 g/mol. The van der Waals surface area contributed by atoms with Gasteiger partial charge in [-0.1, -0.05) is 25.0 Å². The van der Waals surface area contributed by atoms with Gasteiger partial charge in [-0.3, -0.25) is 4.79 Å². The zero-order valence-electron chi connectivity index (χ0n) is 18.9. The average Bonchev–Trinajstić information content (AvgIpc) is 3.35. The Bertz CT molecular complexity index is 1040. The third kappa shape index (κ3) is 5.78. The van der Waals surface area contributed by atoms with E-state index in [0.29, 0.717) is 31.9 Å². The van der Waals surface area contributed by atoms with Gasteiger partial charge in [0.05, 0.1) is 17.7 Å². The first kappa shape index (κ1) is 23.4. The number of methoxy groups -OCH3 is 1. The number of nitrogens with one attached hydrogen (secondary N) is 1. The number of benzene rings is 2. The van der Waals surface area contributed by atoms with Crippen LogP contribution >= 0.6 is 0 Å². The Morgan fingerprint density at radius 3 is 2.33 bits per heavy atom. The van der Waals surface area contributed by atoms with Crippen LogP contribution in [0.5, 0.6) is 11.5 Å². The minimum atomic E-state index is -3.54. The molecule has 0 atom stereocenters. The summed E-state index contributed by atoms with van der Waals surface area (Å²) in [6.07, 6.45) is 3.89. The molecule has 2 fully saturated rings. The van der Waals surface area contributed by atoms with Crippen molar-refractivity contribution in [2.75, 3.05) is 44.8 Å². The molecule has 1 heterocycles. The minimum Gasteiger partial charge on any atom is -0.495 e. The highest BCUT2D eigenvalue weighted by Gasteiger charge is 2.24. The maximum absolute atomic E-state index is 12.6. The van der Waals surface area contributed by atoms with E-state index >= 15 is 0 Å². The molecule has 0 aromatic heterocycles. The third-order valence-electron chi connectivity index (χ3n) is 6.23. The molecular formula is C24H31N3O5S. The zero-order chi connectivity index (χ0) is 23.3. The van der Waals surface area contributed by atoms with Gasteiger partial charge in [0.25, 0.3) is 5.91 Å². The molecule has 8 nitrogen and oxygen atoms in total. The molecule has 1 saturated carbocycles. The summed E-state index contributed by atoms with van der Waals surface area (Å²) in [4.78, 5) is 16.8. The van der Waals surface area contributed by atoms with Crippen molar-refractivity contribution < 1.29 is 22.7 Å². The molecule has 1 N–H and O–H groups in total. The third-order valence-corrected chi connectivity index (χ3v) is 7.77. The first-order valence-electron chi connectivity index (χ1n) is 11.4. The van der Waals surface area contributed by atoms with E-state index in [2.05, 4.69) is 9.62 Å². The van der Waals surface area contributed by atoms with E-state index in [4.69, 9.17) is 9.47 Å². The second-order valence-corrected chi connectivity index (χ2v) is 10.1. The fourth-order valence-electron chi connectivity index (χ4n) is 4.37. The molecule has 33 heavy (non-hydrogen) atoms. The summed E-state index contributed by atoms with van der Waals surface area (Å²) in [5.41, 5.74) is 1.03. The number of rotatable bonds is 8. The predicted octanol–water partition coefficient (Wildman–Crippen LogP) is 2.64. The molecule has 1 aliphatic heterocycles. The summed E-state index contributed by atoms with van der Waals surface area (Å²) in [7, 11) is -1.88. The van der Waals surface area contributed by atoms with Crippen LogP contribution in [0.25, 0.3) is 0 Å². The Morgan fingerprint density at radius 2 is 1.67 bits per heavy atom. The fourth-order valence-corrected chi connectivity index (χ4v) is 5.68. The van der Waals surface area contributed by atoms with Crippen LogP contribution in [-0.4, -0.2) is 65.2 Å². The lowest BCUT2D eigenvalue weighted by Crippen LogP contribution is -2.50. The summed E-state index contributed by atoms with van der Waals surface area (Å²) in [6, 6.07) is 14.1. The monoisotopic (exact) mass is 473 g/mol. The molecule has 0 radical (unpaired) electrons. The van der Waals surface area contributed by atoms with E-state index in [-0.39, 0.29) is 23.5 Å². The number of amides is 1. The normalized spacial score (nSPS) is 17.2. The van der Waals surface area contributed by atoms with Gasteiger partial charge in [-0.2, -0.15) is 0 Å². The van der Waals surface area contributed by atoms with Crippen molar-refractivity contribution >= 4 is 21.6 Å². The van der Waals surface area contributed by atoms with Gasteiger partial charge in [-0.25, -0.2) is 13.1 Å². The lowest BCUT2D eigenvalue weighted by molar-refractivity contribution is -0.133. The number of hydrogen-bond donors (Lipinski definition) is 1. The Labute approximate surface area is 195 Å². The number of carbonyl (C=O) groups is 1. The van der Waals surface area contributed by atoms with Crippen molar-refractivity contribution in [1.29, 1.82) is 0 Å². The van der Waals surface area contributed by atoms with Crippen LogP contribution in [-0.2, 0) is 14.8 Å². The Kier molecular flexibility index (Phi) is 7.39. The van der Waals surface area contributed by atoms with Crippen LogP contribution in [0.15, 0.2) is 53.4 Å². The summed E-state index contributed by atoms with van der Waals surface area (Å²) < 4.78 is 38.9. The van der Waals surface area contributed by atoms with Crippen LogP contribution < -0.4 is 19.1 Å². The van der Waals surface area contributed by atoms with Crippen LogP contribution in [0.4, 0.5) is 5.69 Å². The number of ether oxygens (including phenoxy) is 2. The lowest BCUT2D eigenvalue weighted by Gasteiger charge is -2.36. The number of hydrogen-bond acceptors (Lipinski definition) is 6. The largest absolute Gasteiger partial charge is 0.495 e. The fraction of sp³-hybridized carbons (Fsp3) is 0.458. The highest BCUT2D eigenvalue weighted by Crippen LogP contribution is 2.28. The SMILES string of the molecule is COc1ccccc1N1CCN(C(=O)COc2ccc(S(=O)(=O)NC3CCCC3)cc2)CC1. The first-order valence-corrected chi connectivity index (χ1v) is 12.9. The standard InChI is InChI=1S/C24H31N3O5S/c1-31-23-9-5-4-8-22(23)26-14-16-27(17-15-26)24(28)18-32-20-10-12-21(13-11-20)33(29,30)25-19-6-2-3-7-19/h4-5,8-13,19,25H,2-3,6-7,14-18H2,1H3. The van der Waals surface area contributed by atoms with Crippen molar-refractivity contribution in [2.45, 2.75) is 36.6 Å². The summed E-state index contributed by atoms with van der Waals surface area (Å²) in [5, 5.41) is 0. The lowest BCUT2D eigenvalue weighted by atomic mass is 10.2. The molecule has 2 aliphatic rings. The number of nitrogens with zero attached hydrogens (tertiary/aromatic N) is 2. The van der Waals surface area contributed by atoms with Gasteiger partial charge in [0, 0.05) is 32.2 Å². The molecule has 4 rings (SSSR count). The molecule has 2 aromatic carbocycles. The van der Waals surface area contributed by atoms with E-state index in [1.54, 1.807) is 24.1 Å². The highest BCUT2D eigenvalue weighted by molar-refractivity contribution is 7.89. The molecule has 0 bridgehead atoms. The quantitative estimate of drug-likeness (QED) is 0.634. The number of sulfonamides is 1. The van der Waals surface area contributed by atoms with E-state index in [1.165, 1.54) is 12.1 Å². The van der Waals surface area contributed by atoms with E-state index < -0.39 is 10.0 Å². The summed E-state index contributed by atoms with van der Waals surface area (Å²) >= 11 is 0. The number of carbonyl (C=O) groups excluding carboxylic acids is 1. The van der Waals surface area contributed by atoms with E-state index in [9.17, 15) is 13.2 Å². The van der Waals surface area contributed by atoms with Gasteiger partial charge in [-0.15, -0.1) is 0 Å². The van der Waals surface area contributed by atoms with E-state index in [0.717, 1.165) is 37.1 Å². The number of anilines is 1. The van der Waals surface area contributed by atoms with Gasteiger partial charge in [0.2, 0.25) is 10.0 Å². The Morgan fingerprint density at radius 1 is 1.00 bits per heavy atom. The molecule has 0 unspecified atom stereocenters. The molecule has 2 aromatic rings. The van der Waals surface area contributed by atoms with Crippen LogP contribution in [0, 0.1) is 0 Å². The van der Waals surface area contributed by atoms with Gasteiger partial charge in [0.15, 0.2) is 6.61 Å². The number of piperazine rings is 1. The second-order valence-electron chi connectivity index (χ2n) is 8.40. The Hall–Kier alpha value is -2.78. The minimum absolute atomic E-state index is 0.0204. The van der Waals surface area contributed by atoms with Crippen molar-refractivity contribution in [3.8, 4) is 11.5 Å². The van der Waals surface area contributed by atoms with Crippen LogP contribution in [0.1, 0.15) is 25.7 Å². The van der Waals surface area contributed by atoms with Crippen LogP contribution in [0.3, 0.4) is 0 Å². The molecule has 1 amide bonds. The second kappa shape index (κ2) is 10.4. The summed E-state index contributed by atoms with van der Waals surface area (Å²) in [6.45, 7) is 2.55. The molecular weight excluding hydrogens is 442 g/mol. The Balaban J connectivity index is 1.26. The molecule has 1 aliphatic carbocycles. The molecule has 178 valence electrons. The molecule has 9 heteroatoms. The summed E-state index contributed by atoms with van der Waals surface area (Å²) in [5.74, 6) is 1.20. The number of para-hydroxylation sites is 2. The van der Waals surface area contributed by atoms with Gasteiger partial charge in [0.1, 0.15) is 11.5 Å². The highest BCUT2D eigenvalue weighted by atomic mass is 32.2. The van der Waals surface area contributed by atoms with Gasteiger partial charge >= 0.3 is 0 Å². The molecule has 1 saturated heterocycles. The first-order chi connectivity index (χ1) is 16.0. The van der Waals surface area contributed by atoms with Crippen molar-refractivity contribution in [3.05, 3.63) is 48.5 Å². The predicted molar refractivity (Wildman–Crippen MR) is 126 cm³/mol.